The van der Waals surface area contributed by atoms with Crippen LogP contribution in [-0.4, -0.2) is 42.2 Å². The van der Waals surface area contributed by atoms with Gasteiger partial charge >= 0.3 is 0 Å². The van der Waals surface area contributed by atoms with Crippen LogP contribution >= 0.6 is 0 Å². The van der Waals surface area contributed by atoms with Gasteiger partial charge in [-0.25, -0.2) is 0 Å². The van der Waals surface area contributed by atoms with Crippen LogP contribution in [0.3, 0.4) is 0 Å². The largest absolute Gasteiger partial charge is 0.508 e. The summed E-state index contributed by atoms with van der Waals surface area (Å²) in [4.78, 5) is 14.6. The van der Waals surface area contributed by atoms with E-state index >= 15 is 0 Å². The number of hydrogen-bond acceptors (Lipinski definition) is 4. The second-order valence-corrected chi connectivity index (χ2v) is 6.56. The van der Waals surface area contributed by atoms with E-state index in [2.05, 4.69) is 22.3 Å². The minimum atomic E-state index is -0.00516. The molecule has 2 N–H and O–H groups in total. The molecular weight excluding hydrogens is 328 g/mol. The summed E-state index contributed by atoms with van der Waals surface area (Å²) >= 11 is 0. The third kappa shape index (κ3) is 5.31. The predicted octanol–water partition coefficient (Wildman–Crippen LogP) is 2.47. The summed E-state index contributed by atoms with van der Waals surface area (Å²) in [5.41, 5.74) is 3.20. The number of carbonyl (C=O) groups is 1. The van der Waals surface area contributed by atoms with Crippen LogP contribution in [0.25, 0.3) is 0 Å². The summed E-state index contributed by atoms with van der Waals surface area (Å²) in [6.07, 6.45) is 0.900. The molecule has 0 saturated carbocycles. The van der Waals surface area contributed by atoms with E-state index in [1.807, 2.05) is 24.3 Å². The standard InChI is InChI=1S/C21H26N2O3/c24-20-8-4-3-5-17(20)9-10-21(25)22-15-18-6-1-2-7-19(18)16-23-11-13-26-14-12-23/h1-8,24H,9-16H2,(H,22,25). The third-order valence-corrected chi connectivity index (χ3v) is 4.71. The van der Waals surface area contributed by atoms with Gasteiger partial charge < -0.3 is 15.2 Å². The lowest BCUT2D eigenvalue weighted by atomic mass is 10.1. The molecule has 1 aliphatic rings. The first-order valence-electron chi connectivity index (χ1n) is 9.13. The number of ether oxygens (including phenoxy) is 1. The molecule has 1 aliphatic heterocycles. The van der Waals surface area contributed by atoms with Crippen molar-refractivity contribution < 1.29 is 14.6 Å². The van der Waals surface area contributed by atoms with Crippen LogP contribution in [-0.2, 0) is 29.0 Å². The molecular formula is C21H26N2O3. The van der Waals surface area contributed by atoms with Crippen LogP contribution < -0.4 is 5.32 Å². The van der Waals surface area contributed by atoms with Crippen LogP contribution in [0.4, 0.5) is 0 Å². The molecule has 0 aromatic heterocycles. The molecule has 5 nitrogen and oxygen atoms in total. The fourth-order valence-electron chi connectivity index (χ4n) is 3.14. The highest BCUT2D eigenvalue weighted by Gasteiger charge is 2.13. The van der Waals surface area contributed by atoms with Gasteiger partial charge in [-0.2, -0.15) is 0 Å². The van der Waals surface area contributed by atoms with Crippen molar-refractivity contribution in [1.29, 1.82) is 0 Å². The van der Waals surface area contributed by atoms with Crippen LogP contribution in [0.15, 0.2) is 48.5 Å². The predicted molar refractivity (Wildman–Crippen MR) is 101 cm³/mol. The number of phenols is 1. The number of hydrogen-bond donors (Lipinski definition) is 2. The highest BCUT2D eigenvalue weighted by atomic mass is 16.5. The van der Waals surface area contributed by atoms with Gasteiger partial charge in [0.2, 0.25) is 5.91 Å². The Balaban J connectivity index is 1.51. The average Bonchev–Trinajstić information content (AvgIpc) is 2.67. The van der Waals surface area contributed by atoms with E-state index in [0.717, 1.165) is 44.0 Å². The molecule has 1 saturated heterocycles. The zero-order valence-electron chi connectivity index (χ0n) is 15.0. The van der Waals surface area contributed by atoms with Crippen LogP contribution in [0.2, 0.25) is 0 Å². The Bertz CT molecular complexity index is 727. The maximum Gasteiger partial charge on any atom is 0.220 e. The van der Waals surface area contributed by atoms with Crippen molar-refractivity contribution in [2.75, 3.05) is 26.3 Å². The number of amides is 1. The molecule has 26 heavy (non-hydrogen) atoms. The van der Waals surface area contributed by atoms with Gasteiger partial charge in [-0.15, -0.1) is 0 Å². The van der Waals surface area contributed by atoms with E-state index in [1.165, 1.54) is 5.56 Å². The Morgan fingerprint density at radius 2 is 1.65 bits per heavy atom. The van der Waals surface area contributed by atoms with E-state index in [0.29, 0.717) is 19.4 Å². The molecule has 3 rings (SSSR count). The van der Waals surface area contributed by atoms with Gasteiger partial charge in [-0.1, -0.05) is 42.5 Å². The molecule has 0 unspecified atom stereocenters. The molecule has 0 atom stereocenters. The van der Waals surface area contributed by atoms with Gasteiger partial charge in [0.05, 0.1) is 13.2 Å². The monoisotopic (exact) mass is 354 g/mol. The van der Waals surface area contributed by atoms with Gasteiger partial charge in [0.1, 0.15) is 5.75 Å². The van der Waals surface area contributed by atoms with Crippen molar-refractivity contribution >= 4 is 5.91 Å². The number of nitrogens with zero attached hydrogens (tertiary/aromatic N) is 1. The molecule has 0 radical (unpaired) electrons. The van der Waals surface area contributed by atoms with Crippen molar-refractivity contribution in [1.82, 2.24) is 10.2 Å². The van der Waals surface area contributed by atoms with Crippen molar-refractivity contribution in [3.05, 3.63) is 65.2 Å². The Kier molecular flexibility index (Phi) is 6.63. The van der Waals surface area contributed by atoms with Crippen molar-refractivity contribution in [2.45, 2.75) is 25.9 Å². The van der Waals surface area contributed by atoms with E-state index in [4.69, 9.17) is 4.74 Å². The summed E-state index contributed by atoms with van der Waals surface area (Å²) < 4.78 is 5.40. The maximum atomic E-state index is 12.2. The van der Waals surface area contributed by atoms with Gasteiger partial charge in [0.25, 0.3) is 0 Å². The van der Waals surface area contributed by atoms with E-state index < -0.39 is 0 Å². The topological polar surface area (TPSA) is 61.8 Å². The minimum Gasteiger partial charge on any atom is -0.508 e. The number of carbonyl (C=O) groups excluding carboxylic acids is 1. The Morgan fingerprint density at radius 3 is 2.38 bits per heavy atom. The third-order valence-electron chi connectivity index (χ3n) is 4.71. The van der Waals surface area contributed by atoms with Gasteiger partial charge in [-0.05, 0) is 29.2 Å². The second-order valence-electron chi connectivity index (χ2n) is 6.56. The molecule has 1 amide bonds. The number of aryl methyl sites for hydroxylation is 1. The second kappa shape index (κ2) is 9.36. The Hall–Kier alpha value is -2.37. The Labute approximate surface area is 154 Å². The van der Waals surface area contributed by atoms with Gasteiger partial charge in [0, 0.05) is 32.6 Å². The lowest BCUT2D eigenvalue weighted by molar-refractivity contribution is -0.121. The number of aromatic hydroxyl groups is 1. The molecule has 2 aromatic carbocycles. The first-order chi connectivity index (χ1) is 12.7. The number of morpholine rings is 1. The number of nitrogens with one attached hydrogen (secondary N) is 1. The number of para-hydroxylation sites is 1. The fraction of sp³-hybridized carbons (Fsp3) is 0.381. The molecule has 138 valence electrons. The quantitative estimate of drug-likeness (QED) is 0.802. The van der Waals surface area contributed by atoms with Crippen LogP contribution in [0.1, 0.15) is 23.1 Å². The average molecular weight is 354 g/mol. The number of rotatable bonds is 7. The van der Waals surface area contributed by atoms with E-state index in [-0.39, 0.29) is 11.7 Å². The maximum absolute atomic E-state index is 12.2. The van der Waals surface area contributed by atoms with Crippen LogP contribution in [0, 0.1) is 0 Å². The number of benzene rings is 2. The van der Waals surface area contributed by atoms with E-state index in [9.17, 15) is 9.90 Å². The zero-order chi connectivity index (χ0) is 18.2. The molecule has 0 bridgehead atoms. The summed E-state index contributed by atoms with van der Waals surface area (Å²) in [7, 11) is 0. The number of phenolic OH excluding ortho intramolecular Hbond substituents is 1. The van der Waals surface area contributed by atoms with Crippen molar-refractivity contribution in [3.63, 3.8) is 0 Å². The van der Waals surface area contributed by atoms with Crippen molar-refractivity contribution in [3.8, 4) is 5.75 Å². The highest BCUT2D eigenvalue weighted by Crippen LogP contribution is 2.17. The minimum absolute atomic E-state index is 0.00516. The summed E-state index contributed by atoms with van der Waals surface area (Å²) in [5, 5.41) is 12.8. The molecule has 1 fully saturated rings. The van der Waals surface area contributed by atoms with Gasteiger partial charge in [0.15, 0.2) is 0 Å². The fourth-order valence-corrected chi connectivity index (χ4v) is 3.14. The molecule has 0 spiro atoms. The summed E-state index contributed by atoms with van der Waals surface area (Å²) in [6.45, 7) is 4.87. The molecule has 2 aromatic rings. The SMILES string of the molecule is O=C(CCc1ccccc1O)NCc1ccccc1CN1CCOCC1. The zero-order valence-corrected chi connectivity index (χ0v) is 15.0. The Morgan fingerprint density at radius 1 is 1.00 bits per heavy atom. The normalized spacial score (nSPS) is 14.9. The molecule has 5 heteroatoms. The van der Waals surface area contributed by atoms with Crippen molar-refractivity contribution in [2.24, 2.45) is 0 Å². The highest BCUT2D eigenvalue weighted by molar-refractivity contribution is 5.76. The van der Waals surface area contributed by atoms with Gasteiger partial charge in [-0.3, -0.25) is 9.69 Å². The van der Waals surface area contributed by atoms with E-state index in [1.54, 1.807) is 12.1 Å². The first kappa shape index (κ1) is 18.4. The smallest absolute Gasteiger partial charge is 0.220 e. The lowest BCUT2D eigenvalue weighted by Gasteiger charge is -2.27. The summed E-state index contributed by atoms with van der Waals surface area (Å²) in [5.74, 6) is 0.241. The van der Waals surface area contributed by atoms with Crippen LogP contribution in [0.5, 0.6) is 5.75 Å². The lowest BCUT2D eigenvalue weighted by Crippen LogP contribution is -2.36. The summed E-state index contributed by atoms with van der Waals surface area (Å²) in [6, 6.07) is 15.4. The molecule has 0 aliphatic carbocycles. The first-order valence-corrected chi connectivity index (χ1v) is 9.13. The molecule has 1 heterocycles.